The average Bonchev–Trinajstić information content (AvgIpc) is 2.81. The summed E-state index contributed by atoms with van der Waals surface area (Å²) < 4.78 is 36.8. The molecule has 2 saturated heterocycles. The van der Waals surface area contributed by atoms with E-state index in [9.17, 15) is 24.0 Å². The first-order valence-electron chi connectivity index (χ1n) is 12.8. The minimum atomic E-state index is -1.00. The van der Waals surface area contributed by atoms with Crippen molar-refractivity contribution < 1.29 is 57.1 Å². The Balaban J connectivity index is 0.000000395. The van der Waals surface area contributed by atoms with Crippen LogP contribution in [0.1, 0.15) is 62.3 Å². The molecule has 12 nitrogen and oxygen atoms in total. The second-order valence-corrected chi connectivity index (χ2v) is 10.8. The van der Waals surface area contributed by atoms with Crippen LogP contribution in [0, 0.1) is 23.7 Å². The molecule has 2 fully saturated rings. The smallest absolute Gasteiger partial charge is 0.305 e. The van der Waals surface area contributed by atoms with E-state index in [0.717, 1.165) is 0 Å². The van der Waals surface area contributed by atoms with Crippen LogP contribution < -0.4 is 0 Å². The maximum atomic E-state index is 11.2. The van der Waals surface area contributed by atoms with Gasteiger partial charge in [0.1, 0.15) is 24.3 Å². The molecule has 0 radical (unpaired) electrons. The van der Waals surface area contributed by atoms with Crippen molar-refractivity contribution in [2.75, 3.05) is 13.2 Å². The maximum Gasteiger partial charge on any atom is 0.305 e. The summed E-state index contributed by atoms with van der Waals surface area (Å²) in [6, 6.07) is 0. The highest BCUT2D eigenvalue weighted by Crippen LogP contribution is 2.35. The second-order valence-electron chi connectivity index (χ2n) is 9.87. The molecule has 10 atom stereocenters. The number of alkyl halides is 1. The fourth-order valence-electron chi connectivity index (χ4n) is 4.25. The van der Waals surface area contributed by atoms with Gasteiger partial charge in [0.15, 0.2) is 6.10 Å². The molecule has 2 heterocycles. The van der Waals surface area contributed by atoms with E-state index in [-0.39, 0.29) is 66.0 Å². The molecule has 0 amide bonds. The number of rotatable bonds is 7. The molecule has 0 aromatic rings. The molecule has 2 aliphatic heterocycles. The first kappa shape index (κ1) is 34.8. The van der Waals surface area contributed by atoms with Gasteiger partial charge in [0.05, 0.1) is 12.2 Å². The first-order valence-corrected chi connectivity index (χ1v) is 13.7. The van der Waals surface area contributed by atoms with E-state index < -0.39 is 36.4 Å². The standard InChI is InChI=1S/C14H22O7.C12H19BrO5/c1-7-8(2)13(19-10(4)16)14(20-11(5)17)21-12(7)6-18-9(3)15;1-6-7(2)11(17-9(4)15)12(13)18-10(6)5-16-8(3)14/h7-8,12-14H,6H2,1-5H3;6-7,10-12H,5H2,1-4H3/t7-,8-,12?,13?,14?;6-,7-,10?,11?,12+/m00/s1. The summed E-state index contributed by atoms with van der Waals surface area (Å²) >= 11 is 3.36. The molecular formula is C26H41BrO12. The summed E-state index contributed by atoms with van der Waals surface area (Å²) in [6.07, 6.45) is -2.64. The van der Waals surface area contributed by atoms with Crippen LogP contribution in [0.4, 0.5) is 0 Å². The van der Waals surface area contributed by atoms with Crippen LogP contribution >= 0.6 is 15.9 Å². The lowest BCUT2D eigenvalue weighted by atomic mass is 9.83. The van der Waals surface area contributed by atoms with Crippen LogP contribution in [-0.4, -0.2) is 78.8 Å². The molecule has 13 heteroatoms. The van der Waals surface area contributed by atoms with Gasteiger partial charge in [-0.15, -0.1) is 0 Å². The normalized spacial score (nSPS) is 33.9. The molecule has 0 N–H and O–H groups in total. The van der Waals surface area contributed by atoms with Crippen molar-refractivity contribution in [2.45, 2.75) is 98.0 Å². The Morgan fingerprint density at radius 3 is 1.36 bits per heavy atom. The van der Waals surface area contributed by atoms with E-state index in [2.05, 4.69) is 15.9 Å². The molecule has 39 heavy (non-hydrogen) atoms. The van der Waals surface area contributed by atoms with Gasteiger partial charge in [-0.3, -0.25) is 24.0 Å². The highest BCUT2D eigenvalue weighted by molar-refractivity contribution is 9.09. The Labute approximate surface area is 237 Å². The van der Waals surface area contributed by atoms with Gasteiger partial charge in [-0.05, 0) is 11.8 Å². The van der Waals surface area contributed by atoms with Crippen LogP contribution in [0.5, 0.6) is 0 Å². The minimum Gasteiger partial charge on any atom is -0.463 e. The van der Waals surface area contributed by atoms with Crippen LogP contribution in [0.25, 0.3) is 0 Å². The summed E-state index contributed by atoms with van der Waals surface area (Å²) in [5, 5.41) is -0.381. The second kappa shape index (κ2) is 16.1. The minimum absolute atomic E-state index is 0.0412. The average molecular weight is 626 g/mol. The third kappa shape index (κ3) is 11.4. The van der Waals surface area contributed by atoms with Crippen molar-refractivity contribution in [2.24, 2.45) is 23.7 Å². The number of hydrogen-bond acceptors (Lipinski definition) is 12. The van der Waals surface area contributed by atoms with Crippen molar-refractivity contribution in [3.05, 3.63) is 0 Å². The Morgan fingerprint density at radius 1 is 0.564 bits per heavy atom. The molecule has 224 valence electrons. The largest absolute Gasteiger partial charge is 0.463 e. The van der Waals surface area contributed by atoms with Gasteiger partial charge < -0.3 is 33.2 Å². The van der Waals surface area contributed by atoms with Gasteiger partial charge in [-0.1, -0.05) is 43.6 Å². The van der Waals surface area contributed by atoms with Gasteiger partial charge in [0, 0.05) is 46.5 Å². The molecule has 2 aliphatic rings. The van der Waals surface area contributed by atoms with Crippen LogP contribution in [0.3, 0.4) is 0 Å². The zero-order chi connectivity index (χ0) is 30.0. The fourth-order valence-corrected chi connectivity index (χ4v) is 5.12. The summed E-state index contributed by atoms with van der Waals surface area (Å²) in [5.74, 6) is -1.99. The Morgan fingerprint density at radius 2 is 0.949 bits per heavy atom. The summed E-state index contributed by atoms with van der Waals surface area (Å²) in [6.45, 7) is 14.6. The number of ether oxygens (including phenoxy) is 7. The topological polar surface area (TPSA) is 150 Å². The SMILES string of the molecule is CC(=O)OCC1OC(OC(C)=O)C(OC(C)=O)[C@@H](C)[C@@H]1C.CC(=O)OCC1O[C@@H](Br)C(OC(C)=O)[C@@H](C)[C@@H]1C. The lowest BCUT2D eigenvalue weighted by molar-refractivity contribution is -0.271. The summed E-state index contributed by atoms with van der Waals surface area (Å²) in [4.78, 5) is 55.1. The predicted octanol–water partition coefficient (Wildman–Crippen LogP) is 2.91. The molecule has 0 aliphatic carbocycles. The van der Waals surface area contributed by atoms with E-state index in [1.807, 2.05) is 27.7 Å². The number of esters is 5. The first-order chi connectivity index (χ1) is 18.0. The van der Waals surface area contributed by atoms with Gasteiger partial charge >= 0.3 is 29.8 Å². The zero-order valence-corrected chi connectivity index (χ0v) is 25.6. The molecule has 2 rings (SSSR count). The maximum absolute atomic E-state index is 11.2. The lowest BCUT2D eigenvalue weighted by Crippen LogP contribution is -2.53. The van der Waals surface area contributed by atoms with Crippen LogP contribution in [-0.2, 0) is 57.1 Å². The summed E-state index contributed by atoms with van der Waals surface area (Å²) in [7, 11) is 0. The third-order valence-corrected chi connectivity index (χ3v) is 7.53. The molecule has 5 unspecified atom stereocenters. The summed E-state index contributed by atoms with van der Waals surface area (Å²) in [5.41, 5.74) is 0. The highest BCUT2D eigenvalue weighted by Gasteiger charge is 2.46. The fraction of sp³-hybridized carbons (Fsp3) is 0.808. The van der Waals surface area contributed by atoms with Gasteiger partial charge in [0.2, 0.25) is 6.29 Å². The Kier molecular flexibility index (Phi) is 14.4. The van der Waals surface area contributed by atoms with Crippen molar-refractivity contribution in [3.8, 4) is 0 Å². The molecule has 0 bridgehead atoms. The van der Waals surface area contributed by atoms with Gasteiger partial charge in [-0.25, -0.2) is 0 Å². The van der Waals surface area contributed by atoms with Crippen LogP contribution in [0.2, 0.25) is 0 Å². The predicted molar refractivity (Wildman–Crippen MR) is 139 cm³/mol. The molecule has 0 aromatic carbocycles. The lowest BCUT2D eigenvalue weighted by Gasteiger charge is -2.42. The van der Waals surface area contributed by atoms with Crippen molar-refractivity contribution in [1.29, 1.82) is 0 Å². The third-order valence-electron chi connectivity index (χ3n) is 6.80. The Hall–Kier alpha value is -2.25. The number of carbonyl (C=O) groups excluding carboxylic acids is 5. The number of hydrogen-bond donors (Lipinski definition) is 0. The van der Waals surface area contributed by atoms with Gasteiger partial charge in [0.25, 0.3) is 0 Å². The van der Waals surface area contributed by atoms with Gasteiger partial charge in [-0.2, -0.15) is 0 Å². The van der Waals surface area contributed by atoms with Crippen molar-refractivity contribution in [1.82, 2.24) is 0 Å². The zero-order valence-electron chi connectivity index (χ0n) is 24.0. The van der Waals surface area contributed by atoms with E-state index in [0.29, 0.717) is 0 Å². The van der Waals surface area contributed by atoms with Crippen LogP contribution in [0.15, 0.2) is 0 Å². The monoisotopic (exact) mass is 624 g/mol. The molecule has 0 saturated carbocycles. The molecule has 0 spiro atoms. The Bertz CT molecular complexity index is 860. The van der Waals surface area contributed by atoms with Crippen molar-refractivity contribution >= 4 is 45.8 Å². The van der Waals surface area contributed by atoms with E-state index in [1.54, 1.807) is 0 Å². The van der Waals surface area contributed by atoms with E-state index in [4.69, 9.17) is 33.2 Å². The molecule has 0 aromatic heterocycles. The van der Waals surface area contributed by atoms with E-state index >= 15 is 0 Å². The van der Waals surface area contributed by atoms with Crippen molar-refractivity contribution in [3.63, 3.8) is 0 Å². The quantitative estimate of drug-likeness (QED) is 0.233. The number of halogens is 1. The molecular weight excluding hydrogens is 584 g/mol. The number of carbonyl (C=O) groups is 5. The van der Waals surface area contributed by atoms with E-state index in [1.165, 1.54) is 34.6 Å². The highest BCUT2D eigenvalue weighted by atomic mass is 79.9.